The Hall–Kier alpha value is -1.01. The van der Waals surface area contributed by atoms with Crippen LogP contribution in [0.25, 0.3) is 0 Å². The van der Waals surface area contributed by atoms with Gasteiger partial charge in [0.25, 0.3) is 0 Å². The van der Waals surface area contributed by atoms with Crippen LogP contribution in [-0.4, -0.2) is 12.9 Å². The molecule has 2 rings (SSSR count). The maximum Gasteiger partial charge on any atom is 0.573 e. The van der Waals surface area contributed by atoms with Gasteiger partial charge in [0.1, 0.15) is 11.6 Å². The lowest BCUT2D eigenvalue weighted by atomic mass is 10.0. The van der Waals surface area contributed by atoms with E-state index in [-0.39, 0.29) is 29.8 Å². The standard InChI is InChI=1S/C11H11F4NO.ClH/c12-9-4-3-7(17-11(13,14)15)6-8(9)10-2-1-5-16-10;/h3-4,6,10,16H,1-2,5H2;1H/t10-;/m0./s1. The predicted molar refractivity (Wildman–Crippen MR) is 60.3 cm³/mol. The quantitative estimate of drug-likeness (QED) is 0.839. The Kier molecular flexibility index (Phi) is 4.81. The Morgan fingerprint density at radius 3 is 2.56 bits per heavy atom. The second kappa shape index (κ2) is 5.75. The lowest BCUT2D eigenvalue weighted by Gasteiger charge is -2.14. The maximum absolute atomic E-state index is 13.5. The minimum Gasteiger partial charge on any atom is -0.406 e. The number of hydrogen-bond acceptors (Lipinski definition) is 2. The van der Waals surface area contributed by atoms with Crippen LogP contribution in [0.3, 0.4) is 0 Å². The average Bonchev–Trinajstić information content (AvgIpc) is 2.72. The molecule has 18 heavy (non-hydrogen) atoms. The molecule has 0 amide bonds. The first-order chi connectivity index (χ1) is 7.96. The van der Waals surface area contributed by atoms with Gasteiger partial charge in [-0.05, 0) is 37.6 Å². The second-order valence-electron chi connectivity index (χ2n) is 3.88. The van der Waals surface area contributed by atoms with Crippen molar-refractivity contribution in [3.05, 3.63) is 29.6 Å². The van der Waals surface area contributed by atoms with Crippen LogP contribution in [-0.2, 0) is 0 Å². The van der Waals surface area contributed by atoms with Crippen molar-refractivity contribution in [2.24, 2.45) is 0 Å². The number of ether oxygens (including phenoxy) is 1. The molecule has 1 aromatic carbocycles. The zero-order valence-corrected chi connectivity index (χ0v) is 10.1. The van der Waals surface area contributed by atoms with E-state index in [0.29, 0.717) is 6.42 Å². The fourth-order valence-corrected chi connectivity index (χ4v) is 1.94. The molecule has 1 fully saturated rings. The van der Waals surface area contributed by atoms with E-state index in [9.17, 15) is 17.6 Å². The van der Waals surface area contributed by atoms with Crippen molar-refractivity contribution in [1.29, 1.82) is 0 Å². The molecule has 0 bridgehead atoms. The molecule has 1 saturated heterocycles. The lowest BCUT2D eigenvalue weighted by molar-refractivity contribution is -0.274. The van der Waals surface area contributed by atoms with Crippen LogP contribution in [0.2, 0.25) is 0 Å². The first-order valence-corrected chi connectivity index (χ1v) is 5.24. The predicted octanol–water partition coefficient (Wildman–Crippen LogP) is 3.57. The third kappa shape index (κ3) is 3.74. The van der Waals surface area contributed by atoms with Crippen molar-refractivity contribution in [3.8, 4) is 5.75 Å². The molecule has 2 nitrogen and oxygen atoms in total. The van der Waals surface area contributed by atoms with Gasteiger partial charge in [-0.2, -0.15) is 0 Å². The number of nitrogens with one attached hydrogen (secondary N) is 1. The van der Waals surface area contributed by atoms with Gasteiger partial charge >= 0.3 is 6.36 Å². The maximum atomic E-state index is 13.5. The van der Waals surface area contributed by atoms with E-state index in [0.717, 1.165) is 31.2 Å². The number of halogens is 5. The first-order valence-electron chi connectivity index (χ1n) is 5.24. The smallest absolute Gasteiger partial charge is 0.406 e. The molecule has 1 heterocycles. The minimum absolute atomic E-state index is 0. The summed E-state index contributed by atoms with van der Waals surface area (Å²) in [6.07, 6.45) is -3.15. The van der Waals surface area contributed by atoms with Crippen molar-refractivity contribution in [3.63, 3.8) is 0 Å². The van der Waals surface area contributed by atoms with Crippen LogP contribution < -0.4 is 10.1 Å². The van der Waals surface area contributed by atoms with Crippen molar-refractivity contribution < 1.29 is 22.3 Å². The molecule has 0 aromatic heterocycles. The number of rotatable bonds is 2. The highest BCUT2D eigenvalue weighted by atomic mass is 35.5. The number of benzene rings is 1. The molecule has 1 aliphatic rings. The molecular weight excluding hydrogens is 274 g/mol. The number of hydrogen-bond donors (Lipinski definition) is 1. The zero-order chi connectivity index (χ0) is 12.5. The molecule has 0 unspecified atom stereocenters. The van der Waals surface area contributed by atoms with Crippen molar-refractivity contribution in [2.75, 3.05) is 6.54 Å². The van der Waals surface area contributed by atoms with E-state index >= 15 is 0 Å². The zero-order valence-electron chi connectivity index (χ0n) is 9.26. The molecule has 0 radical (unpaired) electrons. The molecule has 102 valence electrons. The lowest BCUT2D eigenvalue weighted by Crippen LogP contribution is -2.18. The molecule has 1 atom stereocenters. The van der Waals surface area contributed by atoms with Gasteiger partial charge in [-0.1, -0.05) is 0 Å². The van der Waals surface area contributed by atoms with Crippen molar-refractivity contribution >= 4 is 12.4 Å². The van der Waals surface area contributed by atoms with E-state index in [1.165, 1.54) is 0 Å². The Labute approximate surface area is 108 Å². The van der Waals surface area contributed by atoms with Crippen LogP contribution in [0, 0.1) is 5.82 Å². The molecule has 0 spiro atoms. The van der Waals surface area contributed by atoms with Gasteiger partial charge in [0.2, 0.25) is 0 Å². The molecule has 0 aliphatic carbocycles. The van der Waals surface area contributed by atoms with Crippen LogP contribution in [0.5, 0.6) is 5.75 Å². The van der Waals surface area contributed by atoms with E-state index in [1.807, 2.05) is 0 Å². The SMILES string of the molecule is Cl.Fc1ccc(OC(F)(F)F)cc1[C@@H]1CCCN1. The van der Waals surface area contributed by atoms with E-state index < -0.39 is 12.2 Å². The third-order valence-electron chi connectivity index (χ3n) is 2.64. The summed E-state index contributed by atoms with van der Waals surface area (Å²) < 4.78 is 53.3. The fourth-order valence-electron chi connectivity index (χ4n) is 1.94. The van der Waals surface area contributed by atoms with Gasteiger partial charge in [-0.25, -0.2) is 4.39 Å². The van der Waals surface area contributed by atoms with Gasteiger partial charge in [-0.3, -0.25) is 0 Å². The molecular formula is C11H12ClF4NO. The normalized spacial score (nSPS) is 19.4. The van der Waals surface area contributed by atoms with Gasteiger partial charge < -0.3 is 10.1 Å². The molecule has 1 aromatic rings. The van der Waals surface area contributed by atoms with E-state index in [4.69, 9.17) is 0 Å². The Morgan fingerprint density at radius 2 is 2.00 bits per heavy atom. The van der Waals surface area contributed by atoms with Gasteiger partial charge in [0.15, 0.2) is 0 Å². The molecule has 1 N–H and O–H groups in total. The van der Waals surface area contributed by atoms with E-state index in [1.54, 1.807) is 0 Å². The Balaban J connectivity index is 0.00000162. The topological polar surface area (TPSA) is 21.3 Å². The second-order valence-corrected chi connectivity index (χ2v) is 3.88. The summed E-state index contributed by atoms with van der Waals surface area (Å²) in [5.74, 6) is -0.901. The Morgan fingerprint density at radius 1 is 1.28 bits per heavy atom. The Bertz CT molecular complexity index is 405. The highest BCUT2D eigenvalue weighted by Crippen LogP contribution is 2.30. The summed E-state index contributed by atoms with van der Waals surface area (Å²) in [6, 6.07) is 2.84. The highest BCUT2D eigenvalue weighted by molar-refractivity contribution is 5.85. The largest absolute Gasteiger partial charge is 0.573 e. The van der Waals surface area contributed by atoms with Crippen LogP contribution in [0.1, 0.15) is 24.4 Å². The summed E-state index contributed by atoms with van der Waals surface area (Å²) >= 11 is 0. The molecule has 1 aliphatic heterocycles. The first kappa shape index (κ1) is 15.0. The fraction of sp³-hybridized carbons (Fsp3) is 0.455. The summed E-state index contributed by atoms with van der Waals surface area (Å²) in [7, 11) is 0. The number of alkyl halides is 3. The van der Waals surface area contributed by atoms with Crippen LogP contribution >= 0.6 is 12.4 Å². The highest BCUT2D eigenvalue weighted by Gasteiger charge is 2.31. The monoisotopic (exact) mass is 285 g/mol. The molecule has 0 saturated carbocycles. The minimum atomic E-state index is -4.75. The van der Waals surface area contributed by atoms with E-state index in [2.05, 4.69) is 10.1 Å². The van der Waals surface area contributed by atoms with Crippen LogP contribution in [0.15, 0.2) is 18.2 Å². The summed E-state index contributed by atoms with van der Waals surface area (Å²) in [4.78, 5) is 0. The van der Waals surface area contributed by atoms with Crippen molar-refractivity contribution in [2.45, 2.75) is 25.2 Å². The van der Waals surface area contributed by atoms with Crippen LogP contribution in [0.4, 0.5) is 17.6 Å². The third-order valence-corrected chi connectivity index (χ3v) is 2.64. The summed E-state index contributed by atoms with van der Waals surface area (Å²) in [6.45, 7) is 0.745. The van der Waals surface area contributed by atoms with Crippen molar-refractivity contribution in [1.82, 2.24) is 5.32 Å². The summed E-state index contributed by atoms with van der Waals surface area (Å²) in [5.41, 5.74) is 0.226. The summed E-state index contributed by atoms with van der Waals surface area (Å²) in [5, 5.41) is 3.03. The van der Waals surface area contributed by atoms with Gasteiger partial charge in [0.05, 0.1) is 0 Å². The molecule has 7 heteroatoms. The van der Waals surface area contributed by atoms with Gasteiger partial charge in [0, 0.05) is 11.6 Å². The van der Waals surface area contributed by atoms with Gasteiger partial charge in [-0.15, -0.1) is 25.6 Å². The average molecular weight is 286 g/mol.